The number of nitriles is 1. The quantitative estimate of drug-likeness (QED) is 0.231. The van der Waals surface area contributed by atoms with Gasteiger partial charge in [-0.2, -0.15) is 5.26 Å². The number of aromatic nitrogens is 3. The molecule has 0 atom stereocenters. The van der Waals surface area contributed by atoms with Crippen molar-refractivity contribution >= 4 is 39.8 Å². The standard InChI is InChI=1S/C32H34N8O4/c1-6-30(41)35-23-12-24(27(42-5)14-26(23)39(4)10-9-38(2)3)36-32-34-16-19(15-33)31(37-32)22-17-40(20-7-8-20)25-13-29-28(11-21(22)25)43-18-44-29/h6,11-14,16-17,20H,1,7-10,18H2,2-5H3,(H,35,41)(H,34,36,37). The van der Waals surface area contributed by atoms with Gasteiger partial charge in [0.2, 0.25) is 18.6 Å². The van der Waals surface area contributed by atoms with Crippen molar-refractivity contribution in [2.24, 2.45) is 0 Å². The molecule has 6 rings (SSSR count). The summed E-state index contributed by atoms with van der Waals surface area (Å²) < 4.78 is 19.3. The molecule has 226 valence electrons. The molecule has 1 aliphatic carbocycles. The summed E-state index contributed by atoms with van der Waals surface area (Å²) in [5.74, 6) is 1.82. The lowest BCUT2D eigenvalue weighted by molar-refractivity contribution is -0.111. The Bertz CT molecular complexity index is 1800. The van der Waals surface area contributed by atoms with Gasteiger partial charge in [0.05, 0.1) is 47.1 Å². The fourth-order valence-electron chi connectivity index (χ4n) is 5.24. The van der Waals surface area contributed by atoms with E-state index in [1.807, 2.05) is 50.4 Å². The van der Waals surface area contributed by atoms with Crippen LogP contribution in [0, 0.1) is 11.3 Å². The van der Waals surface area contributed by atoms with Crippen LogP contribution >= 0.6 is 0 Å². The van der Waals surface area contributed by atoms with Gasteiger partial charge < -0.3 is 39.2 Å². The Kier molecular flexibility index (Phi) is 7.71. The van der Waals surface area contributed by atoms with Crippen molar-refractivity contribution < 1.29 is 19.0 Å². The molecule has 2 N–H and O–H groups in total. The van der Waals surface area contributed by atoms with Gasteiger partial charge in [-0.15, -0.1) is 0 Å². The van der Waals surface area contributed by atoms with E-state index in [2.05, 4.69) is 37.7 Å². The molecule has 0 radical (unpaired) electrons. The summed E-state index contributed by atoms with van der Waals surface area (Å²) in [5.41, 5.74) is 4.52. The minimum Gasteiger partial charge on any atom is -0.494 e. The van der Waals surface area contributed by atoms with E-state index in [-0.39, 0.29) is 18.6 Å². The third-order valence-electron chi connectivity index (χ3n) is 7.73. The first kappa shape index (κ1) is 28.8. The molecule has 1 amide bonds. The zero-order valence-electron chi connectivity index (χ0n) is 25.2. The zero-order chi connectivity index (χ0) is 31.0. The molecule has 1 fully saturated rings. The predicted molar refractivity (Wildman–Crippen MR) is 169 cm³/mol. The van der Waals surface area contributed by atoms with Crippen LogP contribution in [-0.2, 0) is 4.79 Å². The maximum absolute atomic E-state index is 12.4. The number of ether oxygens (including phenoxy) is 3. The average Bonchev–Trinajstić information content (AvgIpc) is 3.65. The van der Waals surface area contributed by atoms with Crippen molar-refractivity contribution in [3.05, 3.63) is 54.9 Å². The summed E-state index contributed by atoms with van der Waals surface area (Å²) >= 11 is 0. The topological polar surface area (TPSA) is 130 Å². The van der Waals surface area contributed by atoms with Gasteiger partial charge in [0.15, 0.2) is 11.5 Å². The van der Waals surface area contributed by atoms with Crippen molar-refractivity contribution in [1.29, 1.82) is 5.26 Å². The summed E-state index contributed by atoms with van der Waals surface area (Å²) in [6.07, 6.45) is 6.95. The van der Waals surface area contributed by atoms with Crippen molar-refractivity contribution in [3.63, 3.8) is 0 Å². The molecular weight excluding hydrogens is 560 g/mol. The van der Waals surface area contributed by atoms with E-state index in [0.29, 0.717) is 45.9 Å². The number of rotatable bonds is 11. The highest BCUT2D eigenvalue weighted by Crippen LogP contribution is 2.46. The van der Waals surface area contributed by atoms with Crippen LogP contribution < -0.4 is 29.7 Å². The summed E-state index contributed by atoms with van der Waals surface area (Å²) in [6, 6.07) is 10.2. The van der Waals surface area contributed by atoms with E-state index in [9.17, 15) is 10.1 Å². The summed E-state index contributed by atoms with van der Waals surface area (Å²) in [5, 5.41) is 17.1. The Balaban J connectivity index is 1.41. The number of hydrogen-bond donors (Lipinski definition) is 2. The van der Waals surface area contributed by atoms with Gasteiger partial charge >= 0.3 is 0 Å². The summed E-state index contributed by atoms with van der Waals surface area (Å²) in [6.45, 7) is 5.30. The van der Waals surface area contributed by atoms with Gasteiger partial charge in [-0.05, 0) is 45.1 Å². The number of carbonyl (C=O) groups is 1. The number of methoxy groups -OCH3 is 1. The molecule has 12 nitrogen and oxygen atoms in total. The lowest BCUT2D eigenvalue weighted by Gasteiger charge is -2.26. The SMILES string of the molecule is C=CC(=O)Nc1cc(Nc2ncc(C#N)c(-c3cn(C4CC4)c4cc5c(cc34)OCO5)n2)c(OC)cc1N(C)CCN(C)C. The normalized spacial score (nSPS) is 13.5. The first-order valence-corrected chi connectivity index (χ1v) is 14.3. The molecule has 2 aromatic carbocycles. The average molecular weight is 595 g/mol. The third kappa shape index (κ3) is 5.57. The minimum absolute atomic E-state index is 0.174. The Morgan fingerprint density at radius 2 is 1.95 bits per heavy atom. The second-order valence-corrected chi connectivity index (χ2v) is 11.1. The lowest BCUT2D eigenvalue weighted by atomic mass is 10.1. The van der Waals surface area contributed by atoms with Crippen molar-refractivity contribution in [2.75, 3.05) is 63.7 Å². The number of likely N-dealkylation sites (N-methyl/N-ethyl adjacent to an activating group) is 2. The first-order valence-electron chi connectivity index (χ1n) is 14.3. The van der Waals surface area contributed by atoms with Gasteiger partial charge in [0, 0.05) is 55.5 Å². The van der Waals surface area contributed by atoms with E-state index in [4.69, 9.17) is 19.2 Å². The molecule has 1 saturated carbocycles. The van der Waals surface area contributed by atoms with Gasteiger partial charge in [-0.25, -0.2) is 9.97 Å². The van der Waals surface area contributed by atoms with Gasteiger partial charge in [0.1, 0.15) is 11.8 Å². The number of nitrogens with zero attached hydrogens (tertiary/aromatic N) is 6. The van der Waals surface area contributed by atoms with Crippen molar-refractivity contribution in [2.45, 2.75) is 18.9 Å². The molecular formula is C32H34N8O4. The molecule has 1 aliphatic heterocycles. The molecule has 0 saturated heterocycles. The van der Waals surface area contributed by atoms with E-state index in [1.54, 1.807) is 13.2 Å². The first-order chi connectivity index (χ1) is 21.3. The van der Waals surface area contributed by atoms with Gasteiger partial charge in [0.25, 0.3) is 0 Å². The molecule has 3 heterocycles. The number of benzene rings is 2. The number of carbonyl (C=O) groups excluding carboxylic acids is 1. The van der Waals surface area contributed by atoms with E-state index in [0.717, 1.165) is 48.1 Å². The number of anilines is 4. The van der Waals surface area contributed by atoms with Crippen LogP contribution in [0.5, 0.6) is 17.2 Å². The largest absolute Gasteiger partial charge is 0.494 e. The molecule has 2 aromatic heterocycles. The Hall–Kier alpha value is -5.28. The Morgan fingerprint density at radius 1 is 1.18 bits per heavy atom. The van der Waals surface area contributed by atoms with E-state index in [1.165, 1.54) is 12.3 Å². The Labute approximate surface area is 255 Å². The predicted octanol–water partition coefficient (Wildman–Crippen LogP) is 4.91. The highest BCUT2D eigenvalue weighted by atomic mass is 16.7. The number of nitrogens with one attached hydrogen (secondary N) is 2. The molecule has 4 aromatic rings. The fraction of sp³-hybridized carbons (Fsp3) is 0.312. The third-order valence-corrected chi connectivity index (χ3v) is 7.73. The second-order valence-electron chi connectivity index (χ2n) is 11.1. The highest BCUT2D eigenvalue weighted by Gasteiger charge is 2.29. The maximum Gasteiger partial charge on any atom is 0.247 e. The second kappa shape index (κ2) is 11.8. The maximum atomic E-state index is 12.4. The van der Waals surface area contributed by atoms with Crippen LogP contribution in [-0.4, -0.2) is 73.5 Å². The Morgan fingerprint density at radius 3 is 2.64 bits per heavy atom. The van der Waals surface area contributed by atoms with E-state index >= 15 is 0 Å². The summed E-state index contributed by atoms with van der Waals surface area (Å²) in [7, 11) is 7.54. The van der Waals surface area contributed by atoms with Crippen LogP contribution in [0.25, 0.3) is 22.2 Å². The highest BCUT2D eigenvalue weighted by molar-refractivity contribution is 6.02. The number of hydrogen-bond acceptors (Lipinski definition) is 10. The van der Waals surface area contributed by atoms with E-state index < -0.39 is 0 Å². The molecule has 0 bridgehead atoms. The van der Waals surface area contributed by atoms with Crippen LogP contribution in [0.1, 0.15) is 24.4 Å². The minimum atomic E-state index is -0.340. The van der Waals surface area contributed by atoms with Crippen molar-refractivity contribution in [1.82, 2.24) is 19.4 Å². The van der Waals surface area contributed by atoms with Crippen LogP contribution in [0.3, 0.4) is 0 Å². The molecule has 2 aliphatic rings. The molecule has 12 heteroatoms. The molecule has 44 heavy (non-hydrogen) atoms. The van der Waals surface area contributed by atoms with Gasteiger partial charge in [-0.3, -0.25) is 4.79 Å². The molecule has 0 unspecified atom stereocenters. The smallest absolute Gasteiger partial charge is 0.247 e. The van der Waals surface area contributed by atoms with Crippen LogP contribution in [0.4, 0.5) is 23.0 Å². The lowest BCUT2D eigenvalue weighted by Crippen LogP contribution is -2.29. The summed E-state index contributed by atoms with van der Waals surface area (Å²) in [4.78, 5) is 25.8. The van der Waals surface area contributed by atoms with Gasteiger partial charge in [-0.1, -0.05) is 6.58 Å². The monoisotopic (exact) mass is 594 g/mol. The van der Waals surface area contributed by atoms with Crippen molar-refractivity contribution in [3.8, 4) is 34.6 Å². The number of fused-ring (bicyclic) bond motifs is 2. The number of amides is 1. The van der Waals surface area contributed by atoms with Crippen LogP contribution in [0.15, 0.2) is 49.3 Å². The molecule has 0 spiro atoms. The fourth-order valence-corrected chi connectivity index (χ4v) is 5.24. The zero-order valence-corrected chi connectivity index (χ0v) is 25.2. The van der Waals surface area contributed by atoms with Crippen LogP contribution in [0.2, 0.25) is 0 Å².